The van der Waals surface area contributed by atoms with Gasteiger partial charge in [-0.15, -0.1) is 0 Å². The van der Waals surface area contributed by atoms with E-state index in [-0.39, 0.29) is 18.0 Å². The van der Waals surface area contributed by atoms with Crippen LogP contribution in [0.3, 0.4) is 0 Å². The minimum atomic E-state index is -1.38. The lowest BCUT2D eigenvalue weighted by Crippen LogP contribution is -2.26. The number of hydrogen-bond donors (Lipinski definition) is 1. The summed E-state index contributed by atoms with van der Waals surface area (Å²) in [6.45, 7) is 3.95. The number of aromatic carboxylic acids is 1. The number of pyridine rings is 1. The number of carbonyl (C=O) groups is 2. The van der Waals surface area contributed by atoms with Gasteiger partial charge in [0.1, 0.15) is 0 Å². The molecule has 1 amide bonds. The Morgan fingerprint density at radius 2 is 1.95 bits per heavy atom. The van der Waals surface area contributed by atoms with E-state index in [2.05, 4.69) is 10.3 Å². The van der Waals surface area contributed by atoms with Gasteiger partial charge in [0.25, 0.3) is 0 Å². The number of nitrogens with one attached hydrogen (secondary N) is 1. The van der Waals surface area contributed by atoms with Gasteiger partial charge in [-0.05, 0) is 48.7 Å². The number of carboxylic acids is 1. The van der Waals surface area contributed by atoms with Crippen molar-refractivity contribution in [3.8, 4) is 0 Å². The minimum Gasteiger partial charge on any atom is -0.543 e. The van der Waals surface area contributed by atoms with E-state index < -0.39 is 5.97 Å². The van der Waals surface area contributed by atoms with Crippen molar-refractivity contribution < 1.29 is 14.7 Å². The maximum atomic E-state index is 12.0. The first kappa shape index (κ1) is 14.7. The van der Waals surface area contributed by atoms with E-state index in [1.165, 1.54) is 6.20 Å². The van der Waals surface area contributed by atoms with Crippen LogP contribution < -0.4 is 10.4 Å². The lowest BCUT2D eigenvalue weighted by Gasteiger charge is -2.10. The highest BCUT2D eigenvalue weighted by Crippen LogP contribution is 2.15. The summed E-state index contributed by atoms with van der Waals surface area (Å²) in [7, 11) is 0. The molecule has 0 aliphatic rings. The fourth-order valence-corrected chi connectivity index (χ4v) is 1.96. The summed E-state index contributed by atoms with van der Waals surface area (Å²) in [6.07, 6.45) is 1.29. The molecule has 1 heterocycles. The molecule has 0 saturated heterocycles. The van der Waals surface area contributed by atoms with Crippen LogP contribution in [0.2, 0.25) is 0 Å². The zero-order valence-corrected chi connectivity index (χ0v) is 11.8. The number of rotatable bonds is 4. The third-order valence-electron chi connectivity index (χ3n) is 3.23. The van der Waals surface area contributed by atoms with Gasteiger partial charge in [-0.25, -0.2) is 0 Å². The number of aryl methyl sites for hydroxylation is 2. The van der Waals surface area contributed by atoms with Crippen molar-refractivity contribution in [2.45, 2.75) is 20.3 Å². The van der Waals surface area contributed by atoms with Crippen LogP contribution in [0.4, 0.5) is 5.69 Å². The van der Waals surface area contributed by atoms with E-state index in [0.717, 1.165) is 11.1 Å². The Bertz CT molecular complexity index is 696. The van der Waals surface area contributed by atoms with Crippen LogP contribution in [0.5, 0.6) is 0 Å². The van der Waals surface area contributed by atoms with Gasteiger partial charge in [-0.2, -0.15) is 0 Å². The van der Waals surface area contributed by atoms with Gasteiger partial charge < -0.3 is 15.2 Å². The molecule has 0 saturated carbocycles. The number of nitrogens with zero attached hydrogens (tertiary/aromatic N) is 1. The Hall–Kier alpha value is -2.69. The lowest BCUT2D eigenvalue weighted by atomic mass is 10.1. The standard InChI is InChI=1S/C16H16N2O3/c1-10-5-6-13(8-11(10)2)18-14(19)9-12-4-3-7-17-15(12)16(20)21/h3-8H,9H2,1-2H3,(H,18,19)(H,20,21)/p-1. The molecule has 0 bridgehead atoms. The van der Waals surface area contributed by atoms with Crippen LogP contribution in [0, 0.1) is 13.8 Å². The lowest BCUT2D eigenvalue weighted by molar-refractivity contribution is -0.255. The highest BCUT2D eigenvalue weighted by atomic mass is 16.4. The second kappa shape index (κ2) is 6.17. The minimum absolute atomic E-state index is 0.0654. The molecule has 2 rings (SSSR count). The van der Waals surface area contributed by atoms with Crippen molar-refractivity contribution in [3.05, 3.63) is 58.9 Å². The average molecular weight is 283 g/mol. The Labute approximate surface area is 122 Å². The number of anilines is 1. The van der Waals surface area contributed by atoms with Crippen molar-refractivity contribution in [2.24, 2.45) is 0 Å². The second-order valence-corrected chi connectivity index (χ2v) is 4.82. The summed E-state index contributed by atoms with van der Waals surface area (Å²) in [5, 5.41) is 13.7. The number of aromatic nitrogens is 1. The average Bonchev–Trinajstić information content (AvgIpc) is 2.43. The van der Waals surface area contributed by atoms with Gasteiger partial charge in [0.05, 0.1) is 18.1 Å². The van der Waals surface area contributed by atoms with Crippen LogP contribution >= 0.6 is 0 Å². The molecule has 2 aromatic rings. The molecule has 5 nitrogen and oxygen atoms in total. The van der Waals surface area contributed by atoms with Crippen molar-refractivity contribution in [2.75, 3.05) is 5.32 Å². The fraction of sp³-hybridized carbons (Fsp3) is 0.188. The third kappa shape index (κ3) is 3.66. The molecular weight excluding hydrogens is 268 g/mol. The topological polar surface area (TPSA) is 82.1 Å². The maximum Gasteiger partial charge on any atom is 0.228 e. The second-order valence-electron chi connectivity index (χ2n) is 4.82. The van der Waals surface area contributed by atoms with Crippen LogP contribution in [-0.4, -0.2) is 16.9 Å². The molecule has 1 aromatic carbocycles. The Morgan fingerprint density at radius 1 is 1.19 bits per heavy atom. The first-order valence-corrected chi connectivity index (χ1v) is 6.49. The largest absolute Gasteiger partial charge is 0.543 e. The highest BCUT2D eigenvalue weighted by molar-refractivity contribution is 5.94. The smallest absolute Gasteiger partial charge is 0.228 e. The first-order valence-electron chi connectivity index (χ1n) is 6.49. The molecule has 108 valence electrons. The molecule has 1 N–H and O–H groups in total. The summed E-state index contributed by atoms with van der Waals surface area (Å²) < 4.78 is 0. The Morgan fingerprint density at radius 3 is 2.62 bits per heavy atom. The molecule has 0 radical (unpaired) electrons. The zero-order chi connectivity index (χ0) is 15.4. The molecule has 0 aliphatic carbocycles. The van der Waals surface area contributed by atoms with Crippen LogP contribution in [0.25, 0.3) is 0 Å². The summed E-state index contributed by atoms with van der Waals surface area (Å²) in [5.74, 6) is -1.68. The Kier molecular flexibility index (Phi) is 4.33. The van der Waals surface area contributed by atoms with Crippen molar-refractivity contribution in [1.29, 1.82) is 0 Å². The summed E-state index contributed by atoms with van der Waals surface area (Å²) in [4.78, 5) is 26.7. The van der Waals surface area contributed by atoms with Gasteiger partial charge in [0, 0.05) is 11.9 Å². The monoisotopic (exact) mass is 283 g/mol. The molecule has 0 aliphatic heterocycles. The van der Waals surface area contributed by atoms with E-state index in [0.29, 0.717) is 11.3 Å². The zero-order valence-electron chi connectivity index (χ0n) is 11.8. The van der Waals surface area contributed by atoms with Gasteiger partial charge in [0.2, 0.25) is 5.91 Å². The fourth-order valence-electron chi connectivity index (χ4n) is 1.96. The van der Waals surface area contributed by atoms with E-state index in [4.69, 9.17) is 0 Å². The van der Waals surface area contributed by atoms with E-state index in [1.54, 1.807) is 12.1 Å². The van der Waals surface area contributed by atoms with Crippen molar-refractivity contribution >= 4 is 17.6 Å². The van der Waals surface area contributed by atoms with Crippen LogP contribution in [0.15, 0.2) is 36.5 Å². The molecular formula is C16H15N2O3-. The van der Waals surface area contributed by atoms with Crippen LogP contribution in [-0.2, 0) is 11.2 Å². The predicted molar refractivity (Wildman–Crippen MR) is 76.8 cm³/mol. The number of hydrogen-bond acceptors (Lipinski definition) is 4. The highest BCUT2D eigenvalue weighted by Gasteiger charge is 2.10. The van der Waals surface area contributed by atoms with Gasteiger partial charge in [-0.3, -0.25) is 9.78 Å². The van der Waals surface area contributed by atoms with Crippen molar-refractivity contribution in [1.82, 2.24) is 4.98 Å². The predicted octanol–water partition coefficient (Wildman–Crippen LogP) is 1.24. The van der Waals surface area contributed by atoms with Crippen LogP contribution in [0.1, 0.15) is 27.2 Å². The maximum absolute atomic E-state index is 12.0. The molecule has 5 heteroatoms. The van der Waals surface area contributed by atoms with Gasteiger partial charge in [-0.1, -0.05) is 12.1 Å². The van der Waals surface area contributed by atoms with Gasteiger partial charge in [0.15, 0.2) is 0 Å². The Balaban J connectivity index is 2.12. The number of benzene rings is 1. The summed E-state index contributed by atoms with van der Waals surface area (Å²) >= 11 is 0. The van der Waals surface area contributed by atoms with E-state index in [9.17, 15) is 14.7 Å². The van der Waals surface area contributed by atoms with Gasteiger partial charge >= 0.3 is 0 Å². The molecule has 21 heavy (non-hydrogen) atoms. The number of carboxylic acid groups (broad SMARTS) is 1. The van der Waals surface area contributed by atoms with E-state index in [1.807, 2.05) is 32.0 Å². The SMILES string of the molecule is Cc1ccc(NC(=O)Cc2cccnc2C(=O)[O-])cc1C. The quantitative estimate of drug-likeness (QED) is 0.915. The van der Waals surface area contributed by atoms with E-state index >= 15 is 0 Å². The third-order valence-corrected chi connectivity index (χ3v) is 3.23. The molecule has 0 atom stereocenters. The van der Waals surface area contributed by atoms with Crippen molar-refractivity contribution in [3.63, 3.8) is 0 Å². The summed E-state index contributed by atoms with van der Waals surface area (Å²) in [6, 6.07) is 8.74. The molecule has 1 aromatic heterocycles. The summed E-state index contributed by atoms with van der Waals surface area (Å²) in [5.41, 5.74) is 3.03. The number of amides is 1. The molecule has 0 unspecified atom stereocenters. The number of carbonyl (C=O) groups excluding carboxylic acids is 2. The molecule has 0 spiro atoms. The first-order chi connectivity index (χ1) is 9.97. The molecule has 0 fully saturated rings. The normalized spacial score (nSPS) is 10.2.